The Labute approximate surface area is 256 Å². The zero-order valence-electron chi connectivity index (χ0n) is 23.6. The van der Waals surface area contributed by atoms with Gasteiger partial charge in [-0.2, -0.15) is 0 Å². The molecule has 10 heteroatoms. The minimum atomic E-state index is -0.950. The van der Waals surface area contributed by atoms with E-state index < -0.39 is 17.7 Å². The van der Waals surface area contributed by atoms with Gasteiger partial charge in [-0.3, -0.25) is 14.5 Å². The average Bonchev–Trinajstić information content (AvgIpc) is 3.61. The van der Waals surface area contributed by atoms with Gasteiger partial charge in [0, 0.05) is 5.56 Å². The summed E-state index contributed by atoms with van der Waals surface area (Å²) in [5.74, 6) is 0.338. The fourth-order valence-corrected chi connectivity index (χ4v) is 6.32. The Bertz CT molecular complexity index is 1920. The number of hydrogen-bond acceptors (Lipinski definition) is 9. The van der Waals surface area contributed by atoms with E-state index in [0.717, 1.165) is 10.3 Å². The molecule has 0 bridgehead atoms. The molecule has 0 saturated carbocycles. The van der Waals surface area contributed by atoms with Gasteiger partial charge in [-0.25, -0.2) is 4.98 Å². The van der Waals surface area contributed by atoms with Crippen molar-refractivity contribution >= 4 is 44.1 Å². The van der Waals surface area contributed by atoms with E-state index >= 15 is 0 Å². The summed E-state index contributed by atoms with van der Waals surface area (Å²) in [5.41, 5.74) is 2.56. The second-order valence-electron chi connectivity index (χ2n) is 10.2. The van der Waals surface area contributed by atoms with Gasteiger partial charge in [0.05, 0.1) is 28.9 Å². The standard InChI is InChI=1S/C34H26N2O7S/c1-40-24-12-13-25-28(18-24)44-34(35-25)36-30(21-7-10-23(11-8-21)43-19-20-5-3-2-4-6-20)29(32(38)33(36)39)31(37)22-9-14-26-27(17-22)42-16-15-41-26/h2-14,17-18,30,37H,15-16,19H2,1H3. The average molecular weight is 607 g/mol. The molecule has 1 aromatic heterocycles. The summed E-state index contributed by atoms with van der Waals surface area (Å²) in [5, 5.41) is 11.9. The molecule has 1 unspecified atom stereocenters. The number of anilines is 1. The van der Waals surface area contributed by atoms with Crippen LogP contribution in [0.3, 0.4) is 0 Å². The molecule has 1 fully saturated rings. The third kappa shape index (κ3) is 4.99. The van der Waals surface area contributed by atoms with Crippen molar-refractivity contribution in [2.45, 2.75) is 12.6 Å². The predicted molar refractivity (Wildman–Crippen MR) is 166 cm³/mol. The van der Waals surface area contributed by atoms with Crippen molar-refractivity contribution in [1.29, 1.82) is 0 Å². The van der Waals surface area contributed by atoms with E-state index in [-0.39, 0.29) is 11.3 Å². The molecule has 4 aromatic carbocycles. The van der Waals surface area contributed by atoms with Crippen LogP contribution in [0.1, 0.15) is 22.7 Å². The molecule has 44 heavy (non-hydrogen) atoms. The topological polar surface area (TPSA) is 107 Å². The number of benzene rings is 4. The van der Waals surface area contributed by atoms with E-state index in [1.807, 2.05) is 36.4 Å². The molecule has 220 valence electrons. The fraction of sp³-hybridized carbons (Fsp3) is 0.147. The van der Waals surface area contributed by atoms with Gasteiger partial charge in [0.2, 0.25) is 0 Å². The number of amides is 1. The lowest BCUT2D eigenvalue weighted by atomic mass is 9.95. The minimum Gasteiger partial charge on any atom is -0.507 e. The lowest BCUT2D eigenvalue weighted by Gasteiger charge is -2.23. The number of rotatable bonds is 7. The van der Waals surface area contributed by atoms with Gasteiger partial charge in [-0.05, 0) is 59.7 Å². The number of aromatic nitrogens is 1. The molecule has 0 radical (unpaired) electrons. The van der Waals surface area contributed by atoms with E-state index in [1.165, 1.54) is 16.2 Å². The van der Waals surface area contributed by atoms with Crippen molar-refractivity contribution in [2.24, 2.45) is 0 Å². The number of aliphatic hydroxyl groups excluding tert-OH is 1. The first kappa shape index (κ1) is 27.5. The molecule has 1 amide bonds. The first-order chi connectivity index (χ1) is 21.5. The summed E-state index contributed by atoms with van der Waals surface area (Å²) in [6.45, 7) is 1.17. The minimum absolute atomic E-state index is 0.0542. The van der Waals surface area contributed by atoms with Crippen molar-refractivity contribution in [2.75, 3.05) is 25.2 Å². The number of carbonyl (C=O) groups excluding carboxylic acids is 2. The summed E-state index contributed by atoms with van der Waals surface area (Å²) in [6.07, 6.45) is 0. The molecule has 0 spiro atoms. The van der Waals surface area contributed by atoms with Crippen LogP contribution in [0.2, 0.25) is 0 Å². The highest BCUT2D eigenvalue weighted by Crippen LogP contribution is 2.45. The maximum absolute atomic E-state index is 13.7. The number of thiazole rings is 1. The van der Waals surface area contributed by atoms with E-state index in [0.29, 0.717) is 64.6 Å². The normalized spacial score (nSPS) is 17.2. The Morgan fingerprint density at radius 3 is 2.45 bits per heavy atom. The number of Topliss-reactive ketones (excluding diaryl/α,β-unsaturated/α-hetero) is 1. The molecule has 2 aliphatic heterocycles. The van der Waals surface area contributed by atoms with Crippen molar-refractivity contribution in [1.82, 2.24) is 4.98 Å². The third-order valence-corrected chi connectivity index (χ3v) is 8.51. The van der Waals surface area contributed by atoms with Gasteiger partial charge >= 0.3 is 5.91 Å². The van der Waals surface area contributed by atoms with Crippen molar-refractivity contribution in [3.8, 4) is 23.0 Å². The van der Waals surface area contributed by atoms with Gasteiger partial charge in [0.25, 0.3) is 5.78 Å². The third-order valence-electron chi connectivity index (χ3n) is 7.49. The Kier molecular flexibility index (Phi) is 7.11. The maximum atomic E-state index is 13.7. The Morgan fingerprint density at radius 2 is 1.68 bits per heavy atom. The van der Waals surface area contributed by atoms with Crippen LogP contribution >= 0.6 is 11.3 Å². The van der Waals surface area contributed by atoms with Crippen molar-refractivity contribution in [3.63, 3.8) is 0 Å². The van der Waals surface area contributed by atoms with E-state index in [2.05, 4.69) is 4.98 Å². The summed E-state index contributed by atoms with van der Waals surface area (Å²) < 4.78 is 23.4. The highest BCUT2D eigenvalue weighted by atomic mass is 32.1. The molecule has 7 rings (SSSR count). The Hall–Kier alpha value is -5.35. The lowest BCUT2D eigenvalue weighted by Crippen LogP contribution is -2.29. The molecule has 2 aliphatic rings. The summed E-state index contributed by atoms with van der Waals surface area (Å²) in [7, 11) is 1.58. The fourth-order valence-electron chi connectivity index (χ4n) is 5.30. The second-order valence-corrected chi connectivity index (χ2v) is 11.2. The van der Waals surface area contributed by atoms with Crippen molar-refractivity contribution in [3.05, 3.63) is 113 Å². The van der Waals surface area contributed by atoms with Crippen molar-refractivity contribution < 1.29 is 33.6 Å². The summed E-state index contributed by atoms with van der Waals surface area (Å²) in [6, 6.07) is 26.3. The first-order valence-electron chi connectivity index (χ1n) is 13.9. The maximum Gasteiger partial charge on any atom is 0.301 e. The molecule has 3 heterocycles. The number of ketones is 1. The van der Waals surface area contributed by atoms with Gasteiger partial charge in [-0.1, -0.05) is 53.8 Å². The van der Waals surface area contributed by atoms with E-state index in [4.69, 9.17) is 18.9 Å². The van der Waals surface area contributed by atoms with E-state index in [9.17, 15) is 14.7 Å². The predicted octanol–water partition coefficient (Wildman–Crippen LogP) is 6.28. The molecule has 0 aliphatic carbocycles. The zero-order chi connectivity index (χ0) is 30.2. The Balaban J connectivity index is 1.31. The SMILES string of the molecule is COc1ccc2nc(N3C(=O)C(=O)C(=C(O)c4ccc5c(c4)OCCO5)C3c3ccc(OCc4ccccc4)cc3)sc2c1. The van der Waals surface area contributed by atoms with Gasteiger partial charge in [-0.15, -0.1) is 0 Å². The molecular weight excluding hydrogens is 580 g/mol. The zero-order valence-corrected chi connectivity index (χ0v) is 24.4. The molecule has 5 aromatic rings. The summed E-state index contributed by atoms with van der Waals surface area (Å²) in [4.78, 5) is 33.4. The van der Waals surface area contributed by atoms with Crippen LogP contribution < -0.4 is 23.8 Å². The van der Waals surface area contributed by atoms with E-state index in [1.54, 1.807) is 61.7 Å². The number of hydrogen-bond donors (Lipinski definition) is 1. The van der Waals surface area contributed by atoms with Gasteiger partial charge < -0.3 is 24.1 Å². The number of nitrogens with zero attached hydrogens (tertiary/aromatic N) is 2. The van der Waals surface area contributed by atoms with Crippen LogP contribution in [0.5, 0.6) is 23.0 Å². The lowest BCUT2D eigenvalue weighted by molar-refractivity contribution is -0.132. The molecule has 9 nitrogen and oxygen atoms in total. The highest BCUT2D eigenvalue weighted by molar-refractivity contribution is 7.22. The smallest absolute Gasteiger partial charge is 0.301 e. The van der Waals surface area contributed by atoms with Gasteiger partial charge in [0.15, 0.2) is 16.6 Å². The first-order valence-corrected chi connectivity index (χ1v) is 14.7. The highest BCUT2D eigenvalue weighted by Gasteiger charge is 2.48. The van der Waals surface area contributed by atoms with Crippen LogP contribution in [0.4, 0.5) is 5.13 Å². The molecule has 1 saturated heterocycles. The van der Waals surface area contributed by atoms with Crippen LogP contribution in [-0.4, -0.2) is 42.1 Å². The van der Waals surface area contributed by atoms with Crippen LogP contribution in [-0.2, 0) is 16.2 Å². The number of methoxy groups -OCH3 is 1. The molecular formula is C34H26N2O7S. The number of aliphatic hydroxyl groups is 1. The Morgan fingerprint density at radius 1 is 0.932 bits per heavy atom. The number of carbonyl (C=O) groups is 2. The van der Waals surface area contributed by atoms with Crippen LogP contribution in [0.15, 0.2) is 96.6 Å². The quantitative estimate of drug-likeness (QED) is 0.131. The van der Waals surface area contributed by atoms with Crippen LogP contribution in [0.25, 0.3) is 16.0 Å². The van der Waals surface area contributed by atoms with Crippen LogP contribution in [0, 0.1) is 0 Å². The number of ether oxygens (including phenoxy) is 4. The molecule has 1 atom stereocenters. The van der Waals surface area contributed by atoms with Gasteiger partial charge in [0.1, 0.15) is 37.1 Å². The monoisotopic (exact) mass is 606 g/mol. The largest absolute Gasteiger partial charge is 0.507 e. The number of fused-ring (bicyclic) bond motifs is 2. The second kappa shape index (κ2) is 11.4. The summed E-state index contributed by atoms with van der Waals surface area (Å²) >= 11 is 1.26. The molecule has 1 N–H and O–H groups in total.